The van der Waals surface area contributed by atoms with Crippen LogP contribution in [0.25, 0.3) is 0 Å². The molecule has 0 aromatic heterocycles. The van der Waals surface area contributed by atoms with Crippen LogP contribution in [0.15, 0.2) is 11.6 Å². The maximum atomic E-state index is 10.5. The van der Waals surface area contributed by atoms with Crippen LogP contribution in [0.1, 0.15) is 65.7 Å². The first-order valence-electron chi connectivity index (χ1n) is 9.35. The number of aliphatic hydroxyl groups excluding tert-OH is 1. The molecule has 1 N–H and O–H groups in total. The minimum absolute atomic E-state index is 0.0956. The molecule has 0 bridgehead atoms. The molecule has 0 aliphatic heterocycles. The zero-order valence-electron chi connectivity index (χ0n) is 14.3. The van der Waals surface area contributed by atoms with Crippen molar-refractivity contribution in [3.8, 4) is 0 Å². The lowest BCUT2D eigenvalue weighted by Gasteiger charge is -2.58. The second kappa shape index (κ2) is 5.09. The Kier molecular flexibility index (Phi) is 3.63. The predicted octanol–water partition coefficient (Wildman–Crippen LogP) is 5.32. The number of allylic oxidation sites excluding steroid dienone is 2. The van der Waals surface area contributed by atoms with Crippen LogP contribution in [0.5, 0.6) is 0 Å². The Balaban J connectivity index is 1.68. The van der Waals surface area contributed by atoms with Crippen LogP contribution < -0.4 is 0 Å². The smallest absolute Gasteiger partial charge is 0.0577 e. The molecule has 3 unspecified atom stereocenters. The summed E-state index contributed by atoms with van der Waals surface area (Å²) in [4.78, 5) is 0.733. The number of alkyl halides is 1. The predicted molar refractivity (Wildman–Crippen MR) is 95.0 cm³/mol. The molecule has 3 saturated carbocycles. The van der Waals surface area contributed by atoms with Gasteiger partial charge in [-0.25, -0.2) is 0 Å². The van der Waals surface area contributed by atoms with Gasteiger partial charge in [0.1, 0.15) is 0 Å². The molecule has 0 saturated heterocycles. The van der Waals surface area contributed by atoms with E-state index in [0.717, 1.165) is 35.4 Å². The van der Waals surface area contributed by atoms with Gasteiger partial charge in [0.05, 0.1) is 6.10 Å². The van der Waals surface area contributed by atoms with E-state index in [1.807, 2.05) is 0 Å². The third-order valence-electron chi connectivity index (χ3n) is 8.17. The van der Waals surface area contributed by atoms with E-state index in [4.69, 9.17) is 0 Å². The molecule has 0 amide bonds. The summed E-state index contributed by atoms with van der Waals surface area (Å²) in [5, 5.41) is 10.5. The normalized spacial score (nSPS) is 57.6. The maximum absolute atomic E-state index is 10.5. The Morgan fingerprint density at radius 3 is 2.77 bits per heavy atom. The topological polar surface area (TPSA) is 20.2 Å². The Morgan fingerprint density at radius 2 is 2.00 bits per heavy atom. The standard InChI is InChI=1S/C20H31BrO/c1-12-8-13-4-5-15-16(20(13,3)11-18(12)22)6-7-19(2)10-14(21)9-17(15)19/h4,12,14-18,22H,5-11H2,1-3H3/t12?,14?,15-,16-,17+,18?,19-,20+/m1/s1. The molecule has 4 rings (SSSR count). The zero-order chi connectivity index (χ0) is 15.7. The van der Waals surface area contributed by atoms with Gasteiger partial charge in [-0.1, -0.05) is 48.4 Å². The largest absolute Gasteiger partial charge is 0.393 e. The van der Waals surface area contributed by atoms with Crippen molar-refractivity contribution >= 4 is 15.9 Å². The van der Waals surface area contributed by atoms with E-state index < -0.39 is 0 Å². The summed E-state index contributed by atoms with van der Waals surface area (Å²) in [6.07, 6.45) is 11.5. The Labute approximate surface area is 144 Å². The highest BCUT2D eigenvalue weighted by Crippen LogP contribution is 2.65. The van der Waals surface area contributed by atoms with Gasteiger partial charge in [0.2, 0.25) is 0 Å². The molecule has 4 aliphatic rings. The average Bonchev–Trinajstić information content (AvgIpc) is 2.75. The number of hydrogen-bond donors (Lipinski definition) is 1. The highest BCUT2D eigenvalue weighted by atomic mass is 79.9. The number of aliphatic hydroxyl groups is 1. The van der Waals surface area contributed by atoms with Crippen LogP contribution in [0.2, 0.25) is 0 Å². The van der Waals surface area contributed by atoms with Crippen molar-refractivity contribution in [3.63, 3.8) is 0 Å². The summed E-state index contributed by atoms with van der Waals surface area (Å²) < 4.78 is 0. The molecular weight excluding hydrogens is 336 g/mol. The van der Waals surface area contributed by atoms with Crippen molar-refractivity contribution in [2.45, 2.75) is 76.6 Å². The molecule has 3 fully saturated rings. The molecule has 22 heavy (non-hydrogen) atoms. The molecule has 0 radical (unpaired) electrons. The molecular formula is C20H31BrO. The second-order valence-electron chi connectivity index (χ2n) is 9.44. The van der Waals surface area contributed by atoms with E-state index in [2.05, 4.69) is 42.8 Å². The summed E-state index contributed by atoms with van der Waals surface area (Å²) >= 11 is 3.92. The summed E-state index contributed by atoms with van der Waals surface area (Å²) in [6.45, 7) is 7.25. The van der Waals surface area contributed by atoms with Gasteiger partial charge in [0.15, 0.2) is 0 Å². The van der Waals surface area contributed by atoms with E-state index in [0.29, 0.717) is 11.3 Å². The molecule has 8 atom stereocenters. The molecule has 1 nitrogen and oxygen atoms in total. The first kappa shape index (κ1) is 15.7. The van der Waals surface area contributed by atoms with Crippen molar-refractivity contribution in [2.75, 3.05) is 0 Å². The van der Waals surface area contributed by atoms with E-state index >= 15 is 0 Å². The minimum Gasteiger partial charge on any atom is -0.393 e. The number of fused-ring (bicyclic) bond motifs is 5. The zero-order valence-corrected chi connectivity index (χ0v) is 15.9. The van der Waals surface area contributed by atoms with E-state index in [1.165, 1.54) is 32.1 Å². The summed E-state index contributed by atoms with van der Waals surface area (Å²) in [5.41, 5.74) is 2.53. The lowest BCUT2D eigenvalue weighted by Crippen LogP contribution is -2.51. The third-order valence-corrected chi connectivity index (χ3v) is 8.87. The molecule has 0 aromatic carbocycles. The van der Waals surface area contributed by atoms with E-state index in [-0.39, 0.29) is 11.5 Å². The van der Waals surface area contributed by atoms with Gasteiger partial charge < -0.3 is 5.11 Å². The van der Waals surface area contributed by atoms with Crippen molar-refractivity contribution in [1.82, 2.24) is 0 Å². The van der Waals surface area contributed by atoms with Crippen molar-refractivity contribution < 1.29 is 5.11 Å². The summed E-state index contributed by atoms with van der Waals surface area (Å²) in [6, 6.07) is 0. The molecule has 0 spiro atoms. The number of rotatable bonds is 0. The van der Waals surface area contributed by atoms with Gasteiger partial charge in [-0.15, -0.1) is 0 Å². The van der Waals surface area contributed by atoms with Crippen LogP contribution in [0, 0.1) is 34.5 Å². The van der Waals surface area contributed by atoms with Crippen molar-refractivity contribution in [3.05, 3.63) is 11.6 Å². The van der Waals surface area contributed by atoms with Crippen LogP contribution >= 0.6 is 15.9 Å². The minimum atomic E-state index is -0.0956. The van der Waals surface area contributed by atoms with Gasteiger partial charge in [-0.2, -0.15) is 0 Å². The fraction of sp³-hybridized carbons (Fsp3) is 0.900. The highest BCUT2D eigenvalue weighted by molar-refractivity contribution is 9.09. The van der Waals surface area contributed by atoms with Gasteiger partial charge in [-0.05, 0) is 79.4 Å². The van der Waals surface area contributed by atoms with Gasteiger partial charge in [0, 0.05) is 4.83 Å². The Hall–Kier alpha value is 0.180. The fourth-order valence-electron chi connectivity index (χ4n) is 6.85. The van der Waals surface area contributed by atoms with E-state index in [1.54, 1.807) is 5.57 Å². The van der Waals surface area contributed by atoms with Crippen LogP contribution in [-0.2, 0) is 0 Å². The van der Waals surface area contributed by atoms with Gasteiger partial charge in [0.25, 0.3) is 0 Å². The Morgan fingerprint density at radius 1 is 1.23 bits per heavy atom. The SMILES string of the molecule is CC1CC2=CC[C@@H]3[C@@H](CC[C@]4(C)CC(Br)C[C@@H]34)[C@@]2(C)CC1O. The Bertz CT molecular complexity index is 500. The van der Waals surface area contributed by atoms with E-state index in [9.17, 15) is 5.11 Å². The number of halogens is 1. The third kappa shape index (κ3) is 2.12. The molecule has 2 heteroatoms. The monoisotopic (exact) mass is 366 g/mol. The van der Waals surface area contributed by atoms with Gasteiger partial charge >= 0.3 is 0 Å². The lowest BCUT2D eigenvalue weighted by atomic mass is 9.47. The quantitative estimate of drug-likeness (QED) is 0.454. The van der Waals surface area contributed by atoms with Crippen LogP contribution in [0.3, 0.4) is 0 Å². The average molecular weight is 367 g/mol. The van der Waals surface area contributed by atoms with Crippen molar-refractivity contribution in [2.24, 2.45) is 34.5 Å². The molecule has 0 heterocycles. The lowest BCUT2D eigenvalue weighted by molar-refractivity contribution is -0.0561. The highest BCUT2D eigenvalue weighted by Gasteiger charge is 2.57. The summed E-state index contributed by atoms with van der Waals surface area (Å²) in [5.74, 6) is 3.01. The molecule has 0 aromatic rings. The fourth-order valence-corrected chi connectivity index (χ4v) is 7.99. The van der Waals surface area contributed by atoms with Gasteiger partial charge in [-0.3, -0.25) is 0 Å². The van der Waals surface area contributed by atoms with Crippen LogP contribution in [-0.4, -0.2) is 16.0 Å². The summed E-state index contributed by atoms with van der Waals surface area (Å²) in [7, 11) is 0. The molecule has 124 valence electrons. The second-order valence-corrected chi connectivity index (χ2v) is 10.7. The first-order valence-corrected chi connectivity index (χ1v) is 10.3. The first-order chi connectivity index (χ1) is 10.3. The molecule has 4 aliphatic carbocycles. The van der Waals surface area contributed by atoms with Crippen molar-refractivity contribution in [1.29, 1.82) is 0 Å². The number of hydrogen-bond acceptors (Lipinski definition) is 1. The van der Waals surface area contributed by atoms with Crippen LogP contribution in [0.4, 0.5) is 0 Å². The maximum Gasteiger partial charge on any atom is 0.0577 e.